The Bertz CT molecular complexity index is 1070. The van der Waals surface area contributed by atoms with Crippen LogP contribution < -0.4 is 10.6 Å². The minimum atomic E-state index is -1.05. The Kier molecular flexibility index (Phi) is 7.15. The molecule has 7 nitrogen and oxygen atoms in total. The van der Waals surface area contributed by atoms with E-state index in [0.717, 1.165) is 35.1 Å². The summed E-state index contributed by atoms with van der Waals surface area (Å²) in [6.45, 7) is 5.72. The van der Waals surface area contributed by atoms with Gasteiger partial charge in [0.05, 0.1) is 5.54 Å². The SMILES string of the molecule is CCC(C)[C@H](NC(=O)CC(C)(NC(=O)OCC1c2ccccc2-c2ccccc21)C1CC1)C(=O)O. The van der Waals surface area contributed by atoms with Crippen molar-refractivity contribution in [2.45, 2.75) is 64.0 Å². The van der Waals surface area contributed by atoms with Crippen LogP contribution in [0.4, 0.5) is 4.79 Å². The molecule has 2 aromatic rings. The normalized spacial score (nSPS) is 17.9. The molecule has 2 amide bonds. The summed E-state index contributed by atoms with van der Waals surface area (Å²) >= 11 is 0. The predicted octanol–water partition coefficient (Wildman–Crippen LogP) is 4.70. The van der Waals surface area contributed by atoms with Crippen molar-refractivity contribution in [2.75, 3.05) is 6.61 Å². The third kappa shape index (κ3) is 5.34. The largest absolute Gasteiger partial charge is 0.480 e. The molecule has 1 fully saturated rings. The topological polar surface area (TPSA) is 105 Å². The number of amides is 2. The Labute approximate surface area is 206 Å². The summed E-state index contributed by atoms with van der Waals surface area (Å²) in [5, 5.41) is 15.1. The van der Waals surface area contributed by atoms with E-state index in [1.807, 2.05) is 38.1 Å². The van der Waals surface area contributed by atoms with Gasteiger partial charge in [-0.15, -0.1) is 0 Å². The van der Waals surface area contributed by atoms with Crippen molar-refractivity contribution in [3.8, 4) is 11.1 Å². The molecule has 3 atom stereocenters. The molecule has 2 aliphatic carbocycles. The van der Waals surface area contributed by atoms with Gasteiger partial charge in [0.15, 0.2) is 0 Å². The van der Waals surface area contributed by atoms with Gasteiger partial charge in [-0.1, -0.05) is 68.8 Å². The fourth-order valence-electron chi connectivity index (χ4n) is 5.12. The van der Waals surface area contributed by atoms with E-state index in [-0.39, 0.29) is 36.7 Å². The Morgan fingerprint density at radius 3 is 2.14 bits per heavy atom. The number of carbonyl (C=O) groups excluding carboxylic acids is 2. The number of alkyl carbamates (subject to hydrolysis) is 1. The molecule has 2 unspecified atom stereocenters. The number of fused-ring (bicyclic) bond motifs is 3. The summed E-state index contributed by atoms with van der Waals surface area (Å²) < 4.78 is 5.69. The Balaban J connectivity index is 1.40. The fraction of sp³-hybridized carbons (Fsp3) is 0.464. The van der Waals surface area contributed by atoms with Crippen molar-refractivity contribution >= 4 is 18.0 Å². The zero-order chi connectivity index (χ0) is 25.2. The fourth-order valence-corrected chi connectivity index (χ4v) is 5.12. The van der Waals surface area contributed by atoms with Crippen LogP contribution in [-0.4, -0.2) is 41.3 Å². The maximum Gasteiger partial charge on any atom is 0.407 e. The van der Waals surface area contributed by atoms with Gasteiger partial charge in [-0.2, -0.15) is 0 Å². The molecule has 0 saturated heterocycles. The van der Waals surface area contributed by atoms with E-state index in [1.54, 1.807) is 6.92 Å². The number of carboxylic acid groups (broad SMARTS) is 1. The summed E-state index contributed by atoms with van der Waals surface area (Å²) in [6, 6.07) is 15.3. The van der Waals surface area contributed by atoms with Crippen molar-refractivity contribution < 1.29 is 24.2 Å². The van der Waals surface area contributed by atoms with Crippen LogP contribution in [0.25, 0.3) is 11.1 Å². The van der Waals surface area contributed by atoms with Crippen molar-refractivity contribution in [3.63, 3.8) is 0 Å². The second-order valence-electron chi connectivity index (χ2n) is 10.1. The summed E-state index contributed by atoms with van der Waals surface area (Å²) in [7, 11) is 0. The Morgan fingerprint density at radius 1 is 1.06 bits per heavy atom. The first kappa shape index (κ1) is 24.8. The number of carbonyl (C=O) groups is 3. The number of hydrogen-bond donors (Lipinski definition) is 3. The number of benzene rings is 2. The average molecular weight is 479 g/mol. The molecule has 3 N–H and O–H groups in total. The molecule has 2 aromatic carbocycles. The minimum Gasteiger partial charge on any atom is -0.480 e. The van der Waals surface area contributed by atoms with Crippen molar-refractivity contribution in [2.24, 2.45) is 11.8 Å². The van der Waals surface area contributed by atoms with Crippen molar-refractivity contribution in [1.29, 1.82) is 0 Å². The van der Waals surface area contributed by atoms with Gasteiger partial charge in [0, 0.05) is 12.3 Å². The number of hydrogen-bond acceptors (Lipinski definition) is 4. The van der Waals surface area contributed by atoms with E-state index < -0.39 is 23.6 Å². The molecule has 2 aliphatic rings. The number of carboxylic acids is 1. The van der Waals surface area contributed by atoms with Crippen LogP contribution in [0.3, 0.4) is 0 Å². The third-order valence-electron chi connectivity index (χ3n) is 7.53. The molecule has 0 radical (unpaired) electrons. The summed E-state index contributed by atoms with van der Waals surface area (Å²) in [4.78, 5) is 37.3. The maximum atomic E-state index is 12.9. The molecule has 1 saturated carbocycles. The molecule has 7 heteroatoms. The van der Waals surface area contributed by atoms with Crippen LogP contribution >= 0.6 is 0 Å². The molecule has 0 bridgehead atoms. The van der Waals surface area contributed by atoms with E-state index in [0.29, 0.717) is 6.42 Å². The Morgan fingerprint density at radius 2 is 1.63 bits per heavy atom. The lowest BCUT2D eigenvalue weighted by atomic mass is 9.90. The highest BCUT2D eigenvalue weighted by Gasteiger charge is 2.45. The average Bonchev–Trinajstić information content (AvgIpc) is 3.65. The maximum absolute atomic E-state index is 12.9. The minimum absolute atomic E-state index is 0.00206. The third-order valence-corrected chi connectivity index (χ3v) is 7.53. The van der Waals surface area contributed by atoms with Crippen molar-refractivity contribution in [3.05, 3.63) is 59.7 Å². The monoisotopic (exact) mass is 478 g/mol. The smallest absolute Gasteiger partial charge is 0.407 e. The van der Waals surface area contributed by atoms with Gasteiger partial charge in [0.25, 0.3) is 0 Å². The quantitative estimate of drug-likeness (QED) is 0.459. The van der Waals surface area contributed by atoms with Gasteiger partial charge in [-0.05, 0) is 53.9 Å². The first-order chi connectivity index (χ1) is 16.7. The first-order valence-corrected chi connectivity index (χ1v) is 12.4. The van der Waals surface area contributed by atoms with Gasteiger partial charge < -0.3 is 20.5 Å². The van der Waals surface area contributed by atoms with Crippen LogP contribution in [0, 0.1) is 11.8 Å². The van der Waals surface area contributed by atoms with Gasteiger partial charge in [-0.25, -0.2) is 9.59 Å². The van der Waals surface area contributed by atoms with Crippen molar-refractivity contribution in [1.82, 2.24) is 10.6 Å². The zero-order valence-corrected chi connectivity index (χ0v) is 20.5. The summed E-state index contributed by atoms with van der Waals surface area (Å²) in [5.41, 5.74) is 3.79. The highest BCUT2D eigenvalue weighted by molar-refractivity contribution is 5.85. The lowest BCUT2D eigenvalue weighted by Crippen LogP contribution is -2.53. The molecular weight excluding hydrogens is 444 g/mol. The summed E-state index contributed by atoms with van der Waals surface area (Å²) in [6.07, 6.45) is 1.88. The lowest BCUT2D eigenvalue weighted by molar-refractivity contribution is -0.143. The first-order valence-electron chi connectivity index (χ1n) is 12.4. The molecule has 0 spiro atoms. The van der Waals surface area contributed by atoms with Crippen LogP contribution in [0.5, 0.6) is 0 Å². The second-order valence-corrected chi connectivity index (χ2v) is 10.1. The standard InChI is InChI=1S/C28H34N2O5/c1-4-17(2)25(26(32)33)29-24(31)15-28(3,18-13-14-18)30-27(34)35-16-23-21-11-7-5-9-19(21)20-10-6-8-12-22(20)23/h5-12,17-18,23,25H,4,13-16H2,1-3H3,(H,29,31)(H,30,34)(H,32,33)/t17?,25-,28?/m0/s1. The molecule has 0 aromatic heterocycles. The van der Waals surface area contributed by atoms with Gasteiger partial charge in [0.2, 0.25) is 5.91 Å². The molecule has 0 aliphatic heterocycles. The van der Waals surface area contributed by atoms with Crippen LogP contribution in [-0.2, 0) is 14.3 Å². The molecule has 4 rings (SSSR count). The van der Waals surface area contributed by atoms with Crippen LogP contribution in [0.15, 0.2) is 48.5 Å². The van der Waals surface area contributed by atoms with Crippen LogP contribution in [0.1, 0.15) is 63.5 Å². The molecule has 186 valence electrons. The zero-order valence-electron chi connectivity index (χ0n) is 20.5. The van der Waals surface area contributed by atoms with Gasteiger partial charge in [0.1, 0.15) is 12.6 Å². The highest BCUT2D eigenvalue weighted by atomic mass is 16.5. The molecule has 0 heterocycles. The van der Waals surface area contributed by atoms with Crippen LogP contribution in [0.2, 0.25) is 0 Å². The number of nitrogens with one attached hydrogen (secondary N) is 2. The lowest BCUT2D eigenvalue weighted by Gasteiger charge is -2.31. The van der Waals surface area contributed by atoms with E-state index in [1.165, 1.54) is 0 Å². The molecular formula is C28H34N2O5. The van der Waals surface area contributed by atoms with Gasteiger partial charge >= 0.3 is 12.1 Å². The number of rotatable bonds is 10. The summed E-state index contributed by atoms with van der Waals surface area (Å²) in [5.74, 6) is -1.52. The van der Waals surface area contributed by atoms with E-state index >= 15 is 0 Å². The van der Waals surface area contributed by atoms with E-state index in [4.69, 9.17) is 4.74 Å². The number of aliphatic carboxylic acids is 1. The van der Waals surface area contributed by atoms with E-state index in [9.17, 15) is 19.5 Å². The molecule has 35 heavy (non-hydrogen) atoms. The second kappa shape index (κ2) is 10.1. The predicted molar refractivity (Wildman–Crippen MR) is 133 cm³/mol. The highest BCUT2D eigenvalue weighted by Crippen LogP contribution is 2.45. The van der Waals surface area contributed by atoms with Gasteiger partial charge in [-0.3, -0.25) is 4.79 Å². The van der Waals surface area contributed by atoms with E-state index in [2.05, 4.69) is 34.9 Å². The Hall–Kier alpha value is -3.35. The number of ether oxygens (including phenoxy) is 1.